The Kier molecular flexibility index (Phi) is 3.36. The maximum absolute atomic E-state index is 12.3. The summed E-state index contributed by atoms with van der Waals surface area (Å²) in [5.41, 5.74) is 5.01. The van der Waals surface area contributed by atoms with Crippen LogP contribution >= 0.6 is 0 Å². The van der Waals surface area contributed by atoms with E-state index in [9.17, 15) is 9.59 Å². The van der Waals surface area contributed by atoms with Crippen molar-refractivity contribution in [1.29, 1.82) is 0 Å². The molecule has 2 aliphatic rings. The predicted octanol–water partition coefficient (Wildman–Crippen LogP) is 1.08. The Morgan fingerprint density at radius 3 is 2.56 bits per heavy atom. The van der Waals surface area contributed by atoms with E-state index in [1.54, 1.807) is 13.8 Å². The second-order valence-corrected chi connectivity index (χ2v) is 6.21. The van der Waals surface area contributed by atoms with Gasteiger partial charge < -0.3 is 11.1 Å². The van der Waals surface area contributed by atoms with E-state index < -0.39 is 5.54 Å². The van der Waals surface area contributed by atoms with Crippen molar-refractivity contribution in [2.75, 3.05) is 6.54 Å². The topological polar surface area (TPSA) is 75.4 Å². The van der Waals surface area contributed by atoms with Crippen molar-refractivity contribution >= 4 is 11.9 Å². The van der Waals surface area contributed by atoms with Gasteiger partial charge in [0.1, 0.15) is 5.54 Å². The van der Waals surface area contributed by atoms with Gasteiger partial charge in [-0.3, -0.25) is 9.69 Å². The number of nitrogens with zero attached hydrogens (tertiary/aromatic N) is 1. The van der Waals surface area contributed by atoms with Crippen LogP contribution in [0.1, 0.15) is 40.0 Å². The first-order valence-electron chi connectivity index (χ1n) is 6.72. The molecule has 3 unspecified atom stereocenters. The van der Waals surface area contributed by atoms with Gasteiger partial charge in [-0.15, -0.1) is 0 Å². The highest BCUT2D eigenvalue weighted by Crippen LogP contribution is 2.34. The van der Waals surface area contributed by atoms with E-state index in [-0.39, 0.29) is 23.9 Å². The minimum Gasteiger partial charge on any atom is -0.330 e. The molecule has 3 N–H and O–H groups in total. The van der Waals surface area contributed by atoms with Crippen molar-refractivity contribution < 1.29 is 9.59 Å². The molecule has 18 heavy (non-hydrogen) atoms. The van der Waals surface area contributed by atoms with E-state index in [1.165, 1.54) is 4.90 Å². The molecule has 1 aliphatic carbocycles. The first-order valence-corrected chi connectivity index (χ1v) is 6.72. The Labute approximate surface area is 108 Å². The molecule has 3 amide bonds. The van der Waals surface area contributed by atoms with E-state index in [2.05, 4.69) is 12.2 Å². The summed E-state index contributed by atoms with van der Waals surface area (Å²) < 4.78 is 0. The average molecular weight is 253 g/mol. The summed E-state index contributed by atoms with van der Waals surface area (Å²) in [6, 6.07) is -0.296. The van der Waals surface area contributed by atoms with Crippen LogP contribution in [0.3, 0.4) is 0 Å². The van der Waals surface area contributed by atoms with Gasteiger partial charge in [0, 0.05) is 6.04 Å². The van der Waals surface area contributed by atoms with Crippen molar-refractivity contribution in [3.63, 3.8) is 0 Å². The number of nitrogens with one attached hydrogen (secondary N) is 1. The molecule has 1 saturated carbocycles. The number of amides is 3. The summed E-state index contributed by atoms with van der Waals surface area (Å²) in [6.45, 7) is 6.20. The second kappa shape index (κ2) is 4.53. The zero-order valence-electron chi connectivity index (χ0n) is 11.4. The van der Waals surface area contributed by atoms with Gasteiger partial charge in [-0.1, -0.05) is 13.3 Å². The van der Waals surface area contributed by atoms with E-state index in [0.29, 0.717) is 12.5 Å². The Morgan fingerprint density at radius 1 is 1.39 bits per heavy atom. The fourth-order valence-corrected chi connectivity index (χ4v) is 3.08. The van der Waals surface area contributed by atoms with Gasteiger partial charge in [0.15, 0.2) is 0 Å². The molecule has 1 heterocycles. The van der Waals surface area contributed by atoms with Gasteiger partial charge in [-0.25, -0.2) is 4.79 Å². The third kappa shape index (κ3) is 2.11. The summed E-state index contributed by atoms with van der Waals surface area (Å²) in [7, 11) is 0. The normalized spacial score (nSPS) is 35.8. The zero-order chi connectivity index (χ0) is 13.5. The highest BCUT2D eigenvalue weighted by molar-refractivity contribution is 6.06. The monoisotopic (exact) mass is 253 g/mol. The molecule has 0 bridgehead atoms. The predicted molar refractivity (Wildman–Crippen MR) is 68.8 cm³/mol. The van der Waals surface area contributed by atoms with Crippen LogP contribution in [0.15, 0.2) is 0 Å². The van der Waals surface area contributed by atoms with Crippen LogP contribution in [-0.2, 0) is 4.79 Å². The van der Waals surface area contributed by atoms with Crippen molar-refractivity contribution in [3.05, 3.63) is 0 Å². The molecule has 5 nitrogen and oxygen atoms in total. The zero-order valence-corrected chi connectivity index (χ0v) is 11.4. The quantitative estimate of drug-likeness (QED) is 0.723. The number of carbonyl (C=O) groups is 2. The van der Waals surface area contributed by atoms with Crippen LogP contribution in [0.25, 0.3) is 0 Å². The van der Waals surface area contributed by atoms with Crippen LogP contribution in [-0.4, -0.2) is 35.0 Å². The summed E-state index contributed by atoms with van der Waals surface area (Å²) in [5.74, 6) is 0.664. The molecule has 1 saturated heterocycles. The lowest BCUT2D eigenvalue weighted by Gasteiger charge is -2.38. The first kappa shape index (κ1) is 13.3. The maximum Gasteiger partial charge on any atom is 0.325 e. The van der Waals surface area contributed by atoms with Crippen molar-refractivity contribution in [2.45, 2.75) is 51.6 Å². The van der Waals surface area contributed by atoms with Crippen LogP contribution in [0, 0.1) is 11.8 Å². The lowest BCUT2D eigenvalue weighted by Crippen LogP contribution is -2.50. The summed E-state index contributed by atoms with van der Waals surface area (Å²) in [4.78, 5) is 25.8. The lowest BCUT2D eigenvalue weighted by molar-refractivity contribution is -0.133. The molecule has 1 aliphatic heterocycles. The Balaban J connectivity index is 2.23. The first-order chi connectivity index (χ1) is 8.36. The van der Waals surface area contributed by atoms with Crippen molar-refractivity contribution in [2.24, 2.45) is 17.6 Å². The molecule has 0 aromatic heterocycles. The third-order valence-corrected chi connectivity index (χ3v) is 4.24. The summed E-state index contributed by atoms with van der Waals surface area (Å²) >= 11 is 0. The van der Waals surface area contributed by atoms with Gasteiger partial charge in [-0.05, 0) is 45.1 Å². The van der Waals surface area contributed by atoms with Gasteiger partial charge in [0.25, 0.3) is 5.91 Å². The number of hydrogen-bond donors (Lipinski definition) is 2. The van der Waals surface area contributed by atoms with Crippen molar-refractivity contribution in [1.82, 2.24) is 10.2 Å². The minimum atomic E-state index is -0.781. The van der Waals surface area contributed by atoms with Crippen LogP contribution < -0.4 is 11.1 Å². The smallest absolute Gasteiger partial charge is 0.325 e. The van der Waals surface area contributed by atoms with E-state index in [1.807, 2.05) is 0 Å². The molecule has 2 fully saturated rings. The fraction of sp³-hybridized carbons (Fsp3) is 0.846. The number of carbonyl (C=O) groups excluding carboxylic acids is 2. The van der Waals surface area contributed by atoms with Crippen LogP contribution in [0.4, 0.5) is 4.79 Å². The summed E-state index contributed by atoms with van der Waals surface area (Å²) in [6.07, 6.45) is 3.00. The number of hydrogen-bond acceptors (Lipinski definition) is 3. The highest BCUT2D eigenvalue weighted by atomic mass is 16.2. The van der Waals surface area contributed by atoms with E-state index in [0.717, 1.165) is 19.3 Å². The molecule has 102 valence electrons. The molecule has 0 spiro atoms. The lowest BCUT2D eigenvalue weighted by atomic mass is 9.78. The Hall–Kier alpha value is -1.10. The van der Waals surface area contributed by atoms with E-state index >= 15 is 0 Å². The highest BCUT2D eigenvalue weighted by Gasteiger charge is 2.49. The number of imide groups is 1. The fourth-order valence-electron chi connectivity index (χ4n) is 3.08. The SMILES string of the molecule is CC1CCC(CN)C(N2C(=O)NC(C)(C)C2=O)C1. The molecule has 2 rings (SSSR count). The Bertz CT molecular complexity index is 367. The molecule has 0 radical (unpaired) electrons. The minimum absolute atomic E-state index is 0.0342. The number of rotatable bonds is 2. The second-order valence-electron chi connectivity index (χ2n) is 6.21. The summed E-state index contributed by atoms with van der Waals surface area (Å²) in [5, 5.41) is 2.75. The standard InChI is InChI=1S/C13H23N3O2/c1-8-4-5-9(7-14)10(6-8)16-11(17)13(2,3)15-12(16)18/h8-10H,4-7,14H2,1-3H3,(H,15,18). The van der Waals surface area contributed by atoms with Gasteiger partial charge in [0.2, 0.25) is 0 Å². The van der Waals surface area contributed by atoms with Gasteiger partial charge in [0.05, 0.1) is 0 Å². The van der Waals surface area contributed by atoms with Gasteiger partial charge >= 0.3 is 6.03 Å². The largest absolute Gasteiger partial charge is 0.330 e. The van der Waals surface area contributed by atoms with Crippen LogP contribution in [0.2, 0.25) is 0 Å². The molecule has 3 atom stereocenters. The molecule has 0 aromatic rings. The number of nitrogens with two attached hydrogens (primary N) is 1. The van der Waals surface area contributed by atoms with Crippen LogP contribution in [0.5, 0.6) is 0 Å². The van der Waals surface area contributed by atoms with E-state index in [4.69, 9.17) is 5.73 Å². The molecular weight excluding hydrogens is 230 g/mol. The van der Waals surface area contributed by atoms with Gasteiger partial charge in [-0.2, -0.15) is 0 Å². The molecular formula is C13H23N3O2. The number of urea groups is 1. The molecule has 0 aromatic carbocycles. The maximum atomic E-state index is 12.3. The van der Waals surface area contributed by atoms with Crippen molar-refractivity contribution in [3.8, 4) is 0 Å². The third-order valence-electron chi connectivity index (χ3n) is 4.24. The average Bonchev–Trinajstić information content (AvgIpc) is 2.48. The molecule has 5 heteroatoms. The Morgan fingerprint density at radius 2 is 2.06 bits per heavy atom.